The Morgan fingerprint density at radius 1 is 1.21 bits per heavy atom. The molecule has 4 heteroatoms. The largest absolute Gasteiger partial charge is 0.355 e. The van der Waals surface area contributed by atoms with E-state index in [1.807, 2.05) is 6.92 Å². The maximum Gasteiger partial charge on any atom is 0.128 e. The number of aromatic nitrogens is 1. The van der Waals surface area contributed by atoms with E-state index in [9.17, 15) is 0 Å². The van der Waals surface area contributed by atoms with Crippen LogP contribution < -0.4 is 4.90 Å². The van der Waals surface area contributed by atoms with Crippen molar-refractivity contribution in [2.75, 3.05) is 38.6 Å². The molecule has 0 atom stereocenters. The van der Waals surface area contributed by atoms with Crippen LogP contribution in [0.4, 0.5) is 5.82 Å². The molecule has 0 amide bonds. The zero-order valence-electron chi connectivity index (χ0n) is 12.8. The van der Waals surface area contributed by atoms with Gasteiger partial charge in [0.1, 0.15) is 5.82 Å². The van der Waals surface area contributed by atoms with E-state index in [-0.39, 0.29) is 0 Å². The van der Waals surface area contributed by atoms with Gasteiger partial charge in [-0.05, 0) is 38.6 Å². The molecule has 0 N–H and O–H groups in total. The van der Waals surface area contributed by atoms with Crippen LogP contribution >= 0.6 is 11.6 Å². The normalized spacial score (nSPS) is 11.4. The van der Waals surface area contributed by atoms with Gasteiger partial charge in [-0.25, -0.2) is 4.98 Å². The van der Waals surface area contributed by atoms with Crippen molar-refractivity contribution in [3.63, 3.8) is 0 Å². The number of alkyl halides is 1. The lowest BCUT2D eigenvalue weighted by Gasteiger charge is -2.27. The van der Waals surface area contributed by atoms with Gasteiger partial charge in [0.05, 0.1) is 0 Å². The van der Waals surface area contributed by atoms with E-state index >= 15 is 0 Å². The third-order valence-electron chi connectivity index (χ3n) is 3.05. The van der Waals surface area contributed by atoms with Gasteiger partial charge in [0, 0.05) is 31.2 Å². The second-order valence-electron chi connectivity index (χ2n) is 5.69. The number of halogens is 1. The van der Waals surface area contributed by atoms with E-state index < -0.39 is 0 Å². The van der Waals surface area contributed by atoms with Crippen LogP contribution in [0.2, 0.25) is 0 Å². The molecular weight excluding hydrogens is 258 g/mol. The van der Waals surface area contributed by atoms with Crippen molar-refractivity contribution in [2.45, 2.75) is 26.7 Å². The van der Waals surface area contributed by atoms with Crippen LogP contribution in [0.5, 0.6) is 0 Å². The Labute approximate surface area is 122 Å². The van der Waals surface area contributed by atoms with Crippen LogP contribution in [-0.2, 0) is 5.88 Å². The van der Waals surface area contributed by atoms with Crippen molar-refractivity contribution in [1.82, 2.24) is 9.88 Å². The van der Waals surface area contributed by atoms with Gasteiger partial charge in [0.2, 0.25) is 0 Å². The molecule has 0 fully saturated rings. The summed E-state index contributed by atoms with van der Waals surface area (Å²) in [5.41, 5.74) is 2.15. The van der Waals surface area contributed by atoms with Gasteiger partial charge in [-0.1, -0.05) is 19.9 Å². The Bertz CT molecular complexity index is 391. The lowest BCUT2D eigenvalue weighted by Crippen LogP contribution is -2.35. The van der Waals surface area contributed by atoms with Crippen LogP contribution in [0.25, 0.3) is 0 Å². The summed E-state index contributed by atoms with van der Waals surface area (Å²) in [5.74, 6) is 2.21. The fourth-order valence-corrected chi connectivity index (χ4v) is 2.24. The Morgan fingerprint density at radius 3 is 2.37 bits per heavy atom. The first-order valence-corrected chi connectivity index (χ1v) is 7.39. The van der Waals surface area contributed by atoms with Gasteiger partial charge in [-0.3, -0.25) is 0 Å². The average Bonchev–Trinajstić information content (AvgIpc) is 2.33. The van der Waals surface area contributed by atoms with Gasteiger partial charge in [0.25, 0.3) is 0 Å². The molecule has 1 rings (SSSR count). The molecule has 1 aromatic heterocycles. The molecule has 0 saturated heterocycles. The topological polar surface area (TPSA) is 19.4 Å². The second kappa shape index (κ2) is 7.71. The molecule has 0 spiro atoms. The maximum absolute atomic E-state index is 5.89. The molecule has 0 aliphatic carbocycles. The van der Waals surface area contributed by atoms with Crippen molar-refractivity contribution in [3.8, 4) is 0 Å². The van der Waals surface area contributed by atoms with Crippen LogP contribution in [-0.4, -0.2) is 43.6 Å². The lowest BCUT2D eigenvalue weighted by molar-refractivity contribution is 0.408. The summed E-state index contributed by atoms with van der Waals surface area (Å²) in [6.45, 7) is 9.56. The number of rotatable bonds is 7. The smallest absolute Gasteiger partial charge is 0.128 e. The zero-order valence-corrected chi connectivity index (χ0v) is 13.5. The summed E-state index contributed by atoms with van der Waals surface area (Å²) < 4.78 is 0. The lowest BCUT2D eigenvalue weighted by atomic mass is 10.2. The van der Waals surface area contributed by atoms with Crippen molar-refractivity contribution in [3.05, 3.63) is 23.4 Å². The third-order valence-corrected chi connectivity index (χ3v) is 3.34. The minimum absolute atomic E-state index is 0.529. The number of anilines is 1. The minimum Gasteiger partial charge on any atom is -0.355 e. The zero-order chi connectivity index (χ0) is 14.4. The summed E-state index contributed by atoms with van der Waals surface area (Å²) in [7, 11) is 4.20. The third kappa shape index (κ3) is 5.37. The van der Waals surface area contributed by atoms with E-state index in [1.165, 1.54) is 0 Å². The molecule has 3 nitrogen and oxygen atoms in total. The van der Waals surface area contributed by atoms with Crippen LogP contribution in [0.1, 0.15) is 25.1 Å². The van der Waals surface area contributed by atoms with Crippen LogP contribution in [0.15, 0.2) is 12.1 Å². The standard InChI is InChI=1S/C15H26ClN3/c1-12(2)11-19(9-8-18(4)5)15-7-6-14(10-16)13(3)17-15/h6-7,12H,8-11H2,1-5H3. The quantitative estimate of drug-likeness (QED) is 0.717. The molecule has 1 aromatic rings. The van der Waals surface area contributed by atoms with E-state index in [2.05, 4.69) is 49.9 Å². The van der Waals surface area contributed by atoms with Gasteiger partial charge >= 0.3 is 0 Å². The highest BCUT2D eigenvalue weighted by atomic mass is 35.5. The first kappa shape index (κ1) is 16.3. The molecule has 0 radical (unpaired) electrons. The minimum atomic E-state index is 0.529. The summed E-state index contributed by atoms with van der Waals surface area (Å²) in [6, 6.07) is 4.18. The summed E-state index contributed by atoms with van der Waals surface area (Å²) in [4.78, 5) is 9.26. The molecule has 19 heavy (non-hydrogen) atoms. The summed E-state index contributed by atoms with van der Waals surface area (Å²) >= 11 is 5.89. The number of nitrogens with zero attached hydrogens (tertiary/aromatic N) is 3. The Kier molecular flexibility index (Phi) is 6.59. The van der Waals surface area contributed by atoms with E-state index in [0.717, 1.165) is 36.7 Å². The van der Waals surface area contributed by atoms with E-state index in [1.54, 1.807) is 0 Å². The number of aryl methyl sites for hydroxylation is 1. The Balaban J connectivity index is 2.86. The molecule has 0 aliphatic heterocycles. The van der Waals surface area contributed by atoms with Crippen LogP contribution in [0, 0.1) is 12.8 Å². The second-order valence-corrected chi connectivity index (χ2v) is 5.96. The SMILES string of the molecule is Cc1nc(N(CCN(C)C)CC(C)C)ccc1CCl. The highest BCUT2D eigenvalue weighted by Gasteiger charge is 2.11. The first-order valence-electron chi connectivity index (χ1n) is 6.86. The number of likely N-dealkylation sites (N-methyl/N-ethyl adjacent to an activating group) is 1. The van der Waals surface area contributed by atoms with E-state index in [4.69, 9.17) is 16.6 Å². The van der Waals surface area contributed by atoms with Gasteiger partial charge in [0.15, 0.2) is 0 Å². The predicted octanol–water partition coefficient (Wildman–Crippen LogP) is 3.15. The molecule has 0 bridgehead atoms. The molecule has 108 valence electrons. The number of hydrogen-bond donors (Lipinski definition) is 0. The van der Waals surface area contributed by atoms with Gasteiger partial charge in [-0.15, -0.1) is 11.6 Å². The fraction of sp³-hybridized carbons (Fsp3) is 0.667. The molecule has 0 saturated carbocycles. The molecule has 0 aromatic carbocycles. The molecule has 1 heterocycles. The highest BCUT2D eigenvalue weighted by molar-refractivity contribution is 6.17. The fourth-order valence-electron chi connectivity index (χ4n) is 1.95. The Morgan fingerprint density at radius 2 is 1.89 bits per heavy atom. The molecule has 0 aliphatic rings. The van der Waals surface area contributed by atoms with E-state index in [0.29, 0.717) is 11.8 Å². The molecule has 0 unspecified atom stereocenters. The molecular formula is C15H26ClN3. The van der Waals surface area contributed by atoms with Gasteiger partial charge < -0.3 is 9.80 Å². The van der Waals surface area contributed by atoms with Crippen molar-refractivity contribution in [1.29, 1.82) is 0 Å². The van der Waals surface area contributed by atoms with Gasteiger partial charge in [-0.2, -0.15) is 0 Å². The maximum atomic E-state index is 5.89. The van der Waals surface area contributed by atoms with Crippen molar-refractivity contribution in [2.24, 2.45) is 5.92 Å². The van der Waals surface area contributed by atoms with Crippen LogP contribution in [0.3, 0.4) is 0 Å². The van der Waals surface area contributed by atoms with Crippen molar-refractivity contribution >= 4 is 17.4 Å². The monoisotopic (exact) mass is 283 g/mol. The summed E-state index contributed by atoms with van der Waals surface area (Å²) in [6.07, 6.45) is 0. The highest BCUT2D eigenvalue weighted by Crippen LogP contribution is 2.17. The van der Waals surface area contributed by atoms with Crippen molar-refractivity contribution < 1.29 is 0 Å². The first-order chi connectivity index (χ1) is 8.93. The number of hydrogen-bond acceptors (Lipinski definition) is 3. The summed E-state index contributed by atoms with van der Waals surface area (Å²) in [5, 5.41) is 0. The average molecular weight is 284 g/mol. The predicted molar refractivity (Wildman–Crippen MR) is 84.1 cm³/mol. The Hall–Kier alpha value is -0.800. The number of pyridine rings is 1.